The van der Waals surface area contributed by atoms with Gasteiger partial charge in [0.2, 0.25) is 5.91 Å². The molecular weight excluding hydrogens is 426 g/mol. The molecule has 5 N–H and O–H groups in total. The fourth-order valence-corrected chi connectivity index (χ4v) is 2.38. The molecule has 0 fully saturated rings. The number of carboxylic acids is 3. The van der Waals surface area contributed by atoms with E-state index in [-0.39, 0.29) is 37.6 Å². The minimum atomic E-state index is -1.20. The highest BCUT2D eigenvalue weighted by molar-refractivity contribution is 5.84. The lowest BCUT2D eigenvalue weighted by Crippen LogP contribution is -2.45. The number of nitrogens with two attached hydrogens (primary N) is 1. The lowest BCUT2D eigenvalue weighted by atomic mass is 10.0. The molecule has 0 saturated heterocycles. The number of nitrogens with one attached hydrogen (secondary N) is 1. The van der Waals surface area contributed by atoms with Crippen LogP contribution in [0.2, 0.25) is 0 Å². The van der Waals surface area contributed by atoms with E-state index in [9.17, 15) is 29.1 Å². The highest BCUT2D eigenvalue weighted by atomic mass is 16.5. The predicted molar refractivity (Wildman–Crippen MR) is 112 cm³/mol. The Morgan fingerprint density at radius 1 is 1.06 bits per heavy atom. The summed E-state index contributed by atoms with van der Waals surface area (Å²) in [5.41, 5.74) is 5.22. The quantitative estimate of drug-likeness (QED) is 0.185. The third-order valence-electron chi connectivity index (χ3n) is 3.98. The molecule has 0 aromatic rings. The maximum absolute atomic E-state index is 11.4. The molecule has 1 unspecified atom stereocenters. The highest BCUT2D eigenvalue weighted by Gasteiger charge is 2.24. The van der Waals surface area contributed by atoms with Gasteiger partial charge < -0.3 is 40.4 Å². The van der Waals surface area contributed by atoms with Gasteiger partial charge in [0.05, 0.1) is 21.1 Å². The van der Waals surface area contributed by atoms with Crippen LogP contribution in [0.1, 0.15) is 46.5 Å². The Morgan fingerprint density at radius 3 is 1.94 bits per heavy atom. The van der Waals surface area contributed by atoms with Crippen LogP contribution in [0.25, 0.3) is 0 Å². The second-order valence-corrected chi connectivity index (χ2v) is 8.63. The van der Waals surface area contributed by atoms with Gasteiger partial charge in [0.15, 0.2) is 6.10 Å². The maximum atomic E-state index is 11.4. The molecule has 12 heteroatoms. The number of carbonyl (C=O) groups excluding carboxylic acids is 3. The first-order valence-corrected chi connectivity index (χ1v) is 10.2. The van der Waals surface area contributed by atoms with Crippen LogP contribution in [-0.2, 0) is 28.7 Å². The lowest BCUT2D eigenvalue weighted by Gasteiger charge is -2.29. The Bertz CT molecular complexity index is 645. The number of esters is 1. The summed E-state index contributed by atoms with van der Waals surface area (Å²) in [7, 11) is 5.71. The van der Waals surface area contributed by atoms with Crippen molar-refractivity contribution >= 4 is 29.8 Å². The molecule has 0 aliphatic heterocycles. The zero-order valence-electron chi connectivity index (χ0n) is 19.6. The van der Waals surface area contributed by atoms with E-state index in [4.69, 9.17) is 20.7 Å². The Kier molecular flexibility index (Phi) is 14.9. The van der Waals surface area contributed by atoms with Crippen molar-refractivity contribution in [3.05, 3.63) is 0 Å². The summed E-state index contributed by atoms with van der Waals surface area (Å²) in [5, 5.41) is 30.1. The van der Waals surface area contributed by atoms with E-state index in [1.807, 2.05) is 21.1 Å². The lowest BCUT2D eigenvalue weighted by molar-refractivity contribution is -0.873. The van der Waals surface area contributed by atoms with Crippen molar-refractivity contribution in [1.29, 1.82) is 0 Å². The highest BCUT2D eigenvalue weighted by Crippen LogP contribution is 2.06. The number of ether oxygens (including phenoxy) is 1. The van der Waals surface area contributed by atoms with Crippen molar-refractivity contribution in [3.8, 4) is 0 Å². The number of likely N-dealkylation sites (N-methyl/N-ethyl adjacent to an activating group) is 1. The molecule has 3 atom stereocenters. The molecule has 0 aromatic carbocycles. The number of rotatable bonds is 13. The van der Waals surface area contributed by atoms with Crippen molar-refractivity contribution in [3.63, 3.8) is 0 Å². The fourth-order valence-electron chi connectivity index (χ4n) is 2.38. The molecule has 1 amide bonds. The summed E-state index contributed by atoms with van der Waals surface area (Å²) >= 11 is 0. The van der Waals surface area contributed by atoms with Gasteiger partial charge in [-0.25, -0.2) is 4.79 Å². The number of amides is 1. The largest absolute Gasteiger partial charge is 0.550 e. The number of aliphatic carboxylic acids is 3. The first-order chi connectivity index (χ1) is 14.5. The monoisotopic (exact) mass is 463 g/mol. The molecular formula is C20H37N3O9. The Labute approximate surface area is 188 Å². The predicted octanol–water partition coefficient (Wildman–Crippen LogP) is -1.44. The van der Waals surface area contributed by atoms with E-state index in [1.54, 1.807) is 20.8 Å². The van der Waals surface area contributed by atoms with Crippen molar-refractivity contribution in [1.82, 2.24) is 5.32 Å². The smallest absolute Gasteiger partial charge is 0.326 e. The van der Waals surface area contributed by atoms with Crippen molar-refractivity contribution < 1.29 is 48.5 Å². The van der Waals surface area contributed by atoms with Gasteiger partial charge in [0.25, 0.3) is 0 Å². The number of hydrogen-bond acceptors (Lipinski definition) is 8. The normalized spacial score (nSPS) is 13.8. The molecule has 12 nitrogen and oxygen atoms in total. The SMILES string of the molecule is CC(C)[C@H](NC(=O)CC[C@H](N)C(=O)O)C(=O)O.CCC(=O)OC(CC(=O)[O-])C[N+](C)(C)C. The van der Waals surface area contributed by atoms with Crippen molar-refractivity contribution in [2.75, 3.05) is 27.7 Å². The first-order valence-electron chi connectivity index (χ1n) is 10.2. The summed E-state index contributed by atoms with van der Waals surface area (Å²) in [6, 6.07) is -2.08. The van der Waals surface area contributed by atoms with Crippen molar-refractivity contribution in [2.24, 2.45) is 11.7 Å². The molecule has 0 heterocycles. The Balaban J connectivity index is 0. The third kappa shape index (κ3) is 17.0. The molecule has 0 rings (SSSR count). The van der Waals surface area contributed by atoms with Gasteiger partial charge in [0.1, 0.15) is 18.6 Å². The van der Waals surface area contributed by atoms with Crippen LogP contribution in [0.4, 0.5) is 0 Å². The van der Waals surface area contributed by atoms with Gasteiger partial charge in [-0.05, 0) is 12.3 Å². The topological polar surface area (TPSA) is 196 Å². The van der Waals surface area contributed by atoms with Crippen LogP contribution < -0.4 is 16.2 Å². The molecule has 0 aliphatic rings. The molecule has 0 radical (unpaired) electrons. The number of quaternary nitrogens is 1. The second kappa shape index (κ2) is 15.1. The summed E-state index contributed by atoms with van der Waals surface area (Å²) < 4.78 is 5.55. The molecule has 0 aliphatic carbocycles. The maximum Gasteiger partial charge on any atom is 0.326 e. The fraction of sp³-hybridized carbons (Fsp3) is 0.750. The van der Waals surface area contributed by atoms with E-state index in [1.165, 1.54) is 0 Å². The zero-order valence-corrected chi connectivity index (χ0v) is 19.6. The van der Waals surface area contributed by atoms with E-state index in [0.717, 1.165) is 0 Å². The van der Waals surface area contributed by atoms with Crippen LogP contribution in [0.5, 0.6) is 0 Å². The number of carboxylic acid groups (broad SMARTS) is 3. The van der Waals surface area contributed by atoms with E-state index in [2.05, 4.69) is 5.32 Å². The second-order valence-electron chi connectivity index (χ2n) is 8.63. The van der Waals surface area contributed by atoms with Crippen LogP contribution >= 0.6 is 0 Å². The number of nitrogens with zero attached hydrogens (tertiary/aromatic N) is 1. The average molecular weight is 464 g/mol. The summed E-state index contributed by atoms with van der Waals surface area (Å²) in [5.74, 6) is -4.63. The van der Waals surface area contributed by atoms with Gasteiger partial charge >= 0.3 is 17.9 Å². The third-order valence-corrected chi connectivity index (χ3v) is 3.98. The van der Waals surface area contributed by atoms with Gasteiger partial charge in [0, 0.05) is 25.2 Å². The number of hydrogen-bond donors (Lipinski definition) is 4. The van der Waals surface area contributed by atoms with Crippen LogP contribution in [-0.4, -0.2) is 90.4 Å². The minimum absolute atomic E-state index is 0.0222. The summed E-state index contributed by atoms with van der Waals surface area (Å²) in [6.45, 7) is 5.47. The molecule has 0 bridgehead atoms. The van der Waals surface area contributed by atoms with Gasteiger partial charge in [-0.1, -0.05) is 20.8 Å². The molecule has 32 heavy (non-hydrogen) atoms. The molecule has 0 saturated carbocycles. The first kappa shape index (κ1) is 31.5. The van der Waals surface area contributed by atoms with E-state index in [0.29, 0.717) is 11.0 Å². The van der Waals surface area contributed by atoms with Gasteiger partial charge in [-0.3, -0.25) is 14.4 Å². The molecule has 186 valence electrons. The Hall–Kier alpha value is -2.73. The van der Waals surface area contributed by atoms with Gasteiger partial charge in [-0.2, -0.15) is 0 Å². The number of carbonyl (C=O) groups is 5. The molecule has 0 aromatic heterocycles. The summed E-state index contributed by atoms with van der Waals surface area (Å²) in [4.78, 5) is 54.1. The van der Waals surface area contributed by atoms with Crippen LogP contribution in [0.15, 0.2) is 0 Å². The van der Waals surface area contributed by atoms with E-state index < -0.39 is 42.0 Å². The molecule has 0 spiro atoms. The van der Waals surface area contributed by atoms with Crippen molar-refractivity contribution in [2.45, 2.75) is 64.6 Å². The zero-order chi connectivity index (χ0) is 25.6. The minimum Gasteiger partial charge on any atom is -0.550 e. The Morgan fingerprint density at radius 2 is 1.59 bits per heavy atom. The van der Waals surface area contributed by atoms with Crippen LogP contribution in [0, 0.1) is 5.92 Å². The average Bonchev–Trinajstić information content (AvgIpc) is 2.61. The van der Waals surface area contributed by atoms with Crippen LogP contribution in [0.3, 0.4) is 0 Å². The van der Waals surface area contributed by atoms with E-state index >= 15 is 0 Å². The summed E-state index contributed by atoms with van der Waals surface area (Å²) in [6.07, 6.45) is -0.736. The van der Waals surface area contributed by atoms with Gasteiger partial charge in [-0.15, -0.1) is 0 Å². The standard InChI is InChI=1S/C10H18N2O5.C10H19NO4/c1-5(2)8(10(16)17)12-7(13)4-3-6(11)9(14)15;1-5-10(14)15-8(6-9(12)13)7-11(2,3)4/h5-6,8H,3-4,11H2,1-2H3,(H,12,13)(H,14,15)(H,16,17);8H,5-7H2,1-4H3/t6-,8-;/m0./s1.